The number of benzene rings is 2. The van der Waals surface area contributed by atoms with E-state index in [2.05, 4.69) is 10.3 Å². The SMILES string of the molecule is CC(C)(C)OC(=O)CNC(=O)c1cc(-c2ccccc2)nc2ccccc12. The minimum Gasteiger partial charge on any atom is -0.459 e. The van der Waals surface area contributed by atoms with Crippen LogP contribution in [-0.4, -0.2) is 29.0 Å². The smallest absolute Gasteiger partial charge is 0.325 e. The number of carbonyl (C=O) groups excluding carboxylic acids is 2. The monoisotopic (exact) mass is 362 g/mol. The highest BCUT2D eigenvalue weighted by Gasteiger charge is 2.18. The highest BCUT2D eigenvalue weighted by molar-refractivity contribution is 6.07. The molecule has 0 radical (unpaired) electrons. The molecule has 1 heterocycles. The van der Waals surface area contributed by atoms with Crippen molar-refractivity contribution in [3.8, 4) is 11.3 Å². The average Bonchev–Trinajstić information content (AvgIpc) is 2.64. The summed E-state index contributed by atoms with van der Waals surface area (Å²) in [6.07, 6.45) is 0. The fourth-order valence-electron chi connectivity index (χ4n) is 2.75. The van der Waals surface area contributed by atoms with E-state index in [4.69, 9.17) is 4.74 Å². The zero-order valence-electron chi connectivity index (χ0n) is 15.7. The lowest BCUT2D eigenvalue weighted by Crippen LogP contribution is -2.34. The lowest BCUT2D eigenvalue weighted by molar-refractivity contribution is -0.153. The van der Waals surface area contributed by atoms with Crippen molar-refractivity contribution in [1.29, 1.82) is 0 Å². The molecule has 0 aliphatic rings. The van der Waals surface area contributed by atoms with E-state index in [1.165, 1.54) is 0 Å². The second kappa shape index (κ2) is 7.58. The first kappa shape index (κ1) is 18.6. The van der Waals surface area contributed by atoms with Gasteiger partial charge < -0.3 is 10.1 Å². The van der Waals surface area contributed by atoms with Gasteiger partial charge in [-0.3, -0.25) is 9.59 Å². The molecule has 0 saturated carbocycles. The first-order chi connectivity index (χ1) is 12.8. The summed E-state index contributed by atoms with van der Waals surface area (Å²) in [5, 5.41) is 3.39. The Balaban J connectivity index is 1.90. The Morgan fingerprint density at radius 1 is 1.00 bits per heavy atom. The summed E-state index contributed by atoms with van der Waals surface area (Å²) >= 11 is 0. The lowest BCUT2D eigenvalue weighted by Gasteiger charge is -2.19. The summed E-state index contributed by atoms with van der Waals surface area (Å²) in [4.78, 5) is 29.3. The van der Waals surface area contributed by atoms with Crippen LogP contribution in [0.15, 0.2) is 60.7 Å². The number of pyridine rings is 1. The van der Waals surface area contributed by atoms with Crippen LogP contribution in [0, 0.1) is 0 Å². The van der Waals surface area contributed by atoms with Crippen LogP contribution in [0.25, 0.3) is 22.2 Å². The molecule has 5 heteroatoms. The number of rotatable bonds is 4. The number of nitrogens with one attached hydrogen (secondary N) is 1. The molecule has 2 aromatic carbocycles. The number of aromatic nitrogens is 1. The molecule has 1 amide bonds. The lowest BCUT2D eigenvalue weighted by atomic mass is 10.0. The molecule has 27 heavy (non-hydrogen) atoms. The number of para-hydroxylation sites is 1. The minimum absolute atomic E-state index is 0.187. The van der Waals surface area contributed by atoms with Crippen molar-refractivity contribution in [3.63, 3.8) is 0 Å². The quantitative estimate of drug-likeness (QED) is 0.713. The highest BCUT2D eigenvalue weighted by atomic mass is 16.6. The summed E-state index contributed by atoms with van der Waals surface area (Å²) < 4.78 is 5.24. The van der Waals surface area contributed by atoms with Crippen molar-refractivity contribution in [2.45, 2.75) is 26.4 Å². The van der Waals surface area contributed by atoms with Gasteiger partial charge in [0.2, 0.25) is 0 Å². The number of esters is 1. The van der Waals surface area contributed by atoms with Crippen LogP contribution in [0.2, 0.25) is 0 Å². The Labute approximate surface area is 158 Å². The normalized spacial score (nSPS) is 11.2. The van der Waals surface area contributed by atoms with Crippen LogP contribution < -0.4 is 5.32 Å². The van der Waals surface area contributed by atoms with E-state index in [9.17, 15) is 9.59 Å². The van der Waals surface area contributed by atoms with Gasteiger partial charge in [0.15, 0.2) is 0 Å². The molecule has 0 fully saturated rings. The van der Waals surface area contributed by atoms with Crippen molar-refractivity contribution >= 4 is 22.8 Å². The molecule has 0 spiro atoms. The van der Waals surface area contributed by atoms with Crippen molar-refractivity contribution in [2.24, 2.45) is 0 Å². The molecular weight excluding hydrogens is 340 g/mol. The summed E-state index contributed by atoms with van der Waals surface area (Å²) in [5.41, 5.74) is 2.23. The Morgan fingerprint density at radius 2 is 1.67 bits per heavy atom. The Morgan fingerprint density at radius 3 is 2.37 bits per heavy atom. The van der Waals surface area contributed by atoms with Crippen LogP contribution in [0.5, 0.6) is 0 Å². The van der Waals surface area contributed by atoms with Crippen LogP contribution in [0.1, 0.15) is 31.1 Å². The third-order valence-corrected chi connectivity index (χ3v) is 3.84. The summed E-state index contributed by atoms with van der Waals surface area (Å²) in [6.45, 7) is 5.17. The molecule has 5 nitrogen and oxygen atoms in total. The Bertz CT molecular complexity index is 976. The fourth-order valence-corrected chi connectivity index (χ4v) is 2.75. The van der Waals surface area contributed by atoms with E-state index in [1.807, 2.05) is 54.6 Å². The number of fused-ring (bicyclic) bond motifs is 1. The molecule has 0 unspecified atom stereocenters. The number of nitrogens with zero attached hydrogens (tertiary/aromatic N) is 1. The predicted molar refractivity (Wildman–Crippen MR) is 105 cm³/mol. The van der Waals surface area contributed by atoms with Gasteiger partial charge in [0.25, 0.3) is 5.91 Å². The molecule has 3 aromatic rings. The van der Waals surface area contributed by atoms with Gasteiger partial charge in [-0.25, -0.2) is 4.98 Å². The van der Waals surface area contributed by atoms with Gasteiger partial charge in [0.1, 0.15) is 12.1 Å². The van der Waals surface area contributed by atoms with E-state index in [-0.39, 0.29) is 12.5 Å². The van der Waals surface area contributed by atoms with Crippen LogP contribution in [0.4, 0.5) is 0 Å². The molecular formula is C22H22N2O3. The van der Waals surface area contributed by atoms with Gasteiger partial charge in [-0.05, 0) is 32.9 Å². The second-order valence-electron chi connectivity index (χ2n) is 7.21. The summed E-state index contributed by atoms with van der Waals surface area (Å²) in [6, 6.07) is 18.9. The minimum atomic E-state index is -0.592. The first-order valence-electron chi connectivity index (χ1n) is 8.79. The van der Waals surface area contributed by atoms with Crippen molar-refractivity contribution in [3.05, 3.63) is 66.2 Å². The van der Waals surface area contributed by atoms with Gasteiger partial charge in [-0.2, -0.15) is 0 Å². The van der Waals surface area contributed by atoms with Crippen LogP contribution in [-0.2, 0) is 9.53 Å². The van der Waals surface area contributed by atoms with Crippen LogP contribution >= 0.6 is 0 Å². The maximum Gasteiger partial charge on any atom is 0.325 e. The maximum absolute atomic E-state index is 12.8. The maximum atomic E-state index is 12.8. The molecule has 0 bridgehead atoms. The van der Waals surface area contributed by atoms with E-state index >= 15 is 0 Å². The van der Waals surface area contributed by atoms with Gasteiger partial charge in [-0.1, -0.05) is 48.5 Å². The Kier molecular flexibility index (Phi) is 5.21. The molecule has 1 aromatic heterocycles. The number of carbonyl (C=O) groups is 2. The molecule has 3 rings (SSSR count). The van der Waals surface area contributed by atoms with Crippen molar-refractivity contribution in [2.75, 3.05) is 6.54 Å². The van der Waals surface area contributed by atoms with Gasteiger partial charge in [0, 0.05) is 10.9 Å². The zero-order valence-corrected chi connectivity index (χ0v) is 15.7. The number of hydrogen-bond acceptors (Lipinski definition) is 4. The first-order valence-corrected chi connectivity index (χ1v) is 8.79. The van der Waals surface area contributed by atoms with E-state index in [1.54, 1.807) is 26.8 Å². The second-order valence-corrected chi connectivity index (χ2v) is 7.21. The molecule has 0 aliphatic carbocycles. The van der Waals surface area contributed by atoms with E-state index in [0.29, 0.717) is 11.3 Å². The van der Waals surface area contributed by atoms with Crippen LogP contribution in [0.3, 0.4) is 0 Å². The van der Waals surface area contributed by atoms with E-state index < -0.39 is 11.6 Å². The average molecular weight is 362 g/mol. The topological polar surface area (TPSA) is 68.3 Å². The standard InChI is InChI=1S/C22H22N2O3/c1-22(2,3)27-20(25)14-23-21(26)17-13-19(15-9-5-4-6-10-15)24-18-12-8-7-11-16(17)18/h4-13H,14H2,1-3H3,(H,23,26). The molecule has 0 aliphatic heterocycles. The molecule has 1 N–H and O–H groups in total. The third kappa shape index (κ3) is 4.70. The largest absolute Gasteiger partial charge is 0.459 e. The summed E-state index contributed by atoms with van der Waals surface area (Å²) in [5.74, 6) is -0.811. The summed E-state index contributed by atoms with van der Waals surface area (Å²) in [7, 11) is 0. The van der Waals surface area contributed by atoms with Crippen molar-refractivity contribution in [1.82, 2.24) is 10.3 Å². The fraction of sp³-hybridized carbons (Fsp3) is 0.227. The predicted octanol–water partition coefficient (Wildman–Crippen LogP) is 3.97. The number of hydrogen-bond donors (Lipinski definition) is 1. The zero-order chi connectivity index (χ0) is 19.4. The highest BCUT2D eigenvalue weighted by Crippen LogP contribution is 2.24. The molecule has 0 saturated heterocycles. The van der Waals surface area contributed by atoms with Gasteiger partial charge in [-0.15, -0.1) is 0 Å². The molecule has 138 valence electrons. The van der Waals surface area contributed by atoms with Gasteiger partial charge >= 0.3 is 5.97 Å². The van der Waals surface area contributed by atoms with Crippen molar-refractivity contribution < 1.29 is 14.3 Å². The van der Waals surface area contributed by atoms with Gasteiger partial charge in [0.05, 0.1) is 16.8 Å². The molecule has 0 atom stereocenters. The number of ether oxygens (including phenoxy) is 1. The third-order valence-electron chi connectivity index (χ3n) is 3.84. The Hall–Kier alpha value is -3.21. The number of amides is 1. The van der Waals surface area contributed by atoms with E-state index in [0.717, 1.165) is 16.5 Å².